The van der Waals surface area contributed by atoms with E-state index in [9.17, 15) is 9.59 Å². The topological polar surface area (TPSA) is 80.3 Å². The van der Waals surface area contributed by atoms with Crippen molar-refractivity contribution in [1.29, 1.82) is 0 Å². The minimum absolute atomic E-state index is 0.317. The summed E-state index contributed by atoms with van der Waals surface area (Å²) < 4.78 is 5.26. The number of rotatable bonds is 6. The highest BCUT2D eigenvalue weighted by atomic mass is 16.5. The summed E-state index contributed by atoms with van der Waals surface area (Å²) >= 11 is 0. The molecule has 0 saturated heterocycles. The first-order valence-corrected chi connectivity index (χ1v) is 8.74. The molecule has 3 rings (SSSR count). The summed E-state index contributed by atoms with van der Waals surface area (Å²) in [6, 6.07) is 9.63. The lowest BCUT2D eigenvalue weighted by Gasteiger charge is -2.15. The molecule has 1 aliphatic carbocycles. The van der Waals surface area contributed by atoms with Gasteiger partial charge in [0.1, 0.15) is 5.82 Å². The van der Waals surface area contributed by atoms with Crippen molar-refractivity contribution in [2.24, 2.45) is 0 Å². The van der Waals surface area contributed by atoms with Gasteiger partial charge in [0.2, 0.25) is 0 Å². The number of hydrogen-bond donors (Lipinski definition) is 2. The lowest BCUT2D eigenvalue weighted by Crippen LogP contribution is -2.30. The minimum atomic E-state index is -0.910. The van der Waals surface area contributed by atoms with E-state index in [0.717, 1.165) is 29.8 Å². The molecule has 6 heteroatoms. The molecule has 0 radical (unpaired) electrons. The van der Waals surface area contributed by atoms with Crippen molar-refractivity contribution < 1.29 is 14.3 Å². The molecule has 1 amide bonds. The molecule has 0 aliphatic heterocycles. The number of esters is 1. The molecule has 0 spiro atoms. The quantitative estimate of drug-likeness (QED) is 0.778. The summed E-state index contributed by atoms with van der Waals surface area (Å²) in [4.78, 5) is 28.7. The van der Waals surface area contributed by atoms with Crippen molar-refractivity contribution >= 4 is 23.4 Å². The van der Waals surface area contributed by atoms with Crippen molar-refractivity contribution in [3.63, 3.8) is 0 Å². The van der Waals surface area contributed by atoms with Crippen LogP contribution in [0.3, 0.4) is 0 Å². The number of benzene rings is 1. The van der Waals surface area contributed by atoms with Gasteiger partial charge < -0.3 is 15.4 Å². The molecule has 1 aromatic carbocycles. The molecule has 6 nitrogen and oxygen atoms in total. The Morgan fingerprint density at radius 3 is 2.58 bits per heavy atom. The lowest BCUT2D eigenvalue weighted by molar-refractivity contribution is -0.123. The van der Waals surface area contributed by atoms with Gasteiger partial charge >= 0.3 is 5.97 Å². The third-order valence-electron chi connectivity index (χ3n) is 4.22. The maximum Gasteiger partial charge on any atom is 0.340 e. The highest BCUT2D eigenvalue weighted by Gasteiger charge is 2.22. The number of nitrogens with zero attached hydrogens (tertiary/aromatic N) is 1. The lowest BCUT2D eigenvalue weighted by atomic mass is 10.1. The summed E-state index contributed by atoms with van der Waals surface area (Å²) in [6.07, 6.45) is 2.85. The number of carbonyl (C=O) groups excluding carboxylic acids is 2. The fourth-order valence-corrected chi connectivity index (χ4v) is 2.51. The second kappa shape index (κ2) is 7.56. The van der Waals surface area contributed by atoms with Crippen LogP contribution in [-0.4, -0.2) is 29.0 Å². The molecule has 1 atom stereocenters. The van der Waals surface area contributed by atoms with Crippen molar-refractivity contribution in [2.75, 3.05) is 10.6 Å². The Morgan fingerprint density at radius 1 is 1.19 bits per heavy atom. The summed E-state index contributed by atoms with van der Waals surface area (Å²) in [6.45, 7) is 5.46. The zero-order chi connectivity index (χ0) is 18.7. The van der Waals surface area contributed by atoms with Gasteiger partial charge in [-0.25, -0.2) is 9.78 Å². The predicted molar refractivity (Wildman–Crippen MR) is 100 cm³/mol. The summed E-state index contributed by atoms with van der Waals surface area (Å²) in [5.41, 5.74) is 3.10. The second-order valence-electron chi connectivity index (χ2n) is 6.71. The molecule has 2 N–H and O–H groups in total. The summed E-state index contributed by atoms with van der Waals surface area (Å²) in [7, 11) is 0. The van der Waals surface area contributed by atoms with Crippen molar-refractivity contribution in [3.05, 3.63) is 53.2 Å². The van der Waals surface area contributed by atoms with E-state index in [4.69, 9.17) is 4.74 Å². The van der Waals surface area contributed by atoms with E-state index in [1.54, 1.807) is 19.1 Å². The van der Waals surface area contributed by atoms with Gasteiger partial charge in [-0.2, -0.15) is 0 Å². The molecule has 2 aromatic rings. The number of hydrogen-bond acceptors (Lipinski definition) is 5. The number of pyridine rings is 1. The molecule has 1 aromatic heterocycles. The molecule has 1 fully saturated rings. The Kier molecular flexibility index (Phi) is 5.21. The fourth-order valence-electron chi connectivity index (χ4n) is 2.51. The van der Waals surface area contributed by atoms with Gasteiger partial charge in [0.15, 0.2) is 6.10 Å². The largest absolute Gasteiger partial charge is 0.449 e. The fraction of sp³-hybridized carbons (Fsp3) is 0.350. The molecule has 136 valence electrons. The van der Waals surface area contributed by atoms with Crippen molar-refractivity contribution in [3.8, 4) is 0 Å². The predicted octanol–water partition coefficient (Wildman–Crippen LogP) is 3.46. The van der Waals surface area contributed by atoms with Gasteiger partial charge in [0.25, 0.3) is 5.91 Å². The van der Waals surface area contributed by atoms with Crippen molar-refractivity contribution in [2.45, 2.75) is 45.8 Å². The van der Waals surface area contributed by atoms with Crippen LogP contribution in [-0.2, 0) is 9.53 Å². The number of ether oxygens (including phenoxy) is 1. The van der Waals surface area contributed by atoms with Gasteiger partial charge in [-0.15, -0.1) is 0 Å². The Bertz CT molecular complexity index is 814. The van der Waals surface area contributed by atoms with Crippen LogP contribution in [0.4, 0.5) is 11.5 Å². The summed E-state index contributed by atoms with van der Waals surface area (Å²) in [5.74, 6) is -0.200. The van der Waals surface area contributed by atoms with Gasteiger partial charge in [-0.05, 0) is 57.4 Å². The smallest absolute Gasteiger partial charge is 0.340 e. The zero-order valence-corrected chi connectivity index (χ0v) is 15.2. The average Bonchev–Trinajstić information content (AvgIpc) is 3.41. The number of nitrogens with one attached hydrogen (secondary N) is 2. The Hall–Kier alpha value is -2.89. The molecule has 1 saturated carbocycles. The average molecular weight is 353 g/mol. The van der Waals surface area contributed by atoms with Crippen LogP contribution in [0.5, 0.6) is 0 Å². The minimum Gasteiger partial charge on any atom is -0.449 e. The van der Waals surface area contributed by atoms with E-state index in [-0.39, 0.29) is 5.91 Å². The van der Waals surface area contributed by atoms with Crippen LogP contribution in [0.2, 0.25) is 0 Å². The normalized spacial score (nSPS) is 14.4. The van der Waals surface area contributed by atoms with E-state index in [1.807, 2.05) is 32.0 Å². The first-order chi connectivity index (χ1) is 12.4. The highest BCUT2D eigenvalue weighted by Crippen LogP contribution is 2.23. The SMILES string of the molecule is Cc1ccc(NC(=O)C(C)OC(=O)c2ccc(NC3CC3)nc2)c(C)c1. The maximum absolute atomic E-state index is 12.3. The van der Waals surface area contributed by atoms with Crippen LogP contribution < -0.4 is 10.6 Å². The van der Waals surface area contributed by atoms with E-state index in [0.29, 0.717) is 17.3 Å². The van der Waals surface area contributed by atoms with Crippen LogP contribution >= 0.6 is 0 Å². The number of amides is 1. The molecule has 1 unspecified atom stereocenters. The maximum atomic E-state index is 12.3. The zero-order valence-electron chi connectivity index (χ0n) is 15.2. The molecular weight excluding hydrogens is 330 g/mol. The third-order valence-corrected chi connectivity index (χ3v) is 4.22. The summed E-state index contributed by atoms with van der Waals surface area (Å²) in [5, 5.41) is 6.04. The molecule has 1 aliphatic rings. The van der Waals surface area contributed by atoms with Crippen LogP contribution in [0.1, 0.15) is 41.3 Å². The van der Waals surface area contributed by atoms with E-state index < -0.39 is 12.1 Å². The molecular formula is C20H23N3O3. The van der Waals surface area contributed by atoms with Crippen LogP contribution in [0.15, 0.2) is 36.5 Å². The van der Waals surface area contributed by atoms with Crippen LogP contribution in [0, 0.1) is 13.8 Å². The number of aromatic nitrogens is 1. The standard InChI is InChI=1S/C20H23N3O3/c1-12-4-8-17(13(2)10-12)23-19(24)14(3)26-20(25)15-5-9-18(21-11-15)22-16-6-7-16/h4-5,8-11,14,16H,6-7H2,1-3H3,(H,21,22)(H,23,24). The third kappa shape index (κ3) is 4.59. The molecule has 26 heavy (non-hydrogen) atoms. The van der Waals surface area contributed by atoms with Crippen LogP contribution in [0.25, 0.3) is 0 Å². The number of anilines is 2. The number of aryl methyl sites for hydroxylation is 2. The molecule has 0 bridgehead atoms. The Balaban J connectivity index is 1.56. The molecule has 1 heterocycles. The Morgan fingerprint density at radius 2 is 1.96 bits per heavy atom. The number of carbonyl (C=O) groups is 2. The van der Waals surface area contributed by atoms with E-state index >= 15 is 0 Å². The van der Waals surface area contributed by atoms with Gasteiger partial charge in [-0.1, -0.05) is 17.7 Å². The first-order valence-electron chi connectivity index (χ1n) is 8.74. The van der Waals surface area contributed by atoms with E-state index in [1.165, 1.54) is 6.20 Å². The van der Waals surface area contributed by atoms with Gasteiger partial charge in [0, 0.05) is 17.9 Å². The van der Waals surface area contributed by atoms with E-state index in [2.05, 4.69) is 15.6 Å². The Labute approximate surface area is 153 Å². The second-order valence-corrected chi connectivity index (χ2v) is 6.71. The van der Waals surface area contributed by atoms with Gasteiger partial charge in [0.05, 0.1) is 5.56 Å². The monoisotopic (exact) mass is 353 g/mol. The first kappa shape index (κ1) is 17.9. The van der Waals surface area contributed by atoms with Gasteiger partial charge in [-0.3, -0.25) is 4.79 Å². The highest BCUT2D eigenvalue weighted by molar-refractivity contribution is 5.97. The van der Waals surface area contributed by atoms with Crippen molar-refractivity contribution in [1.82, 2.24) is 4.98 Å².